The van der Waals surface area contributed by atoms with E-state index in [-0.39, 0.29) is 5.60 Å². The van der Waals surface area contributed by atoms with Gasteiger partial charge in [-0.05, 0) is 49.8 Å². The minimum Gasteiger partial charge on any atom is -0.487 e. The largest absolute Gasteiger partial charge is 0.487 e. The molecule has 2 heteroatoms. The van der Waals surface area contributed by atoms with Gasteiger partial charge < -0.3 is 10.1 Å². The Labute approximate surface area is 116 Å². The normalized spacial score (nSPS) is 26.9. The van der Waals surface area contributed by atoms with Crippen molar-refractivity contribution in [1.82, 2.24) is 5.32 Å². The van der Waals surface area contributed by atoms with Crippen molar-refractivity contribution in [1.29, 1.82) is 0 Å². The second-order valence-corrected chi connectivity index (χ2v) is 6.75. The summed E-state index contributed by atoms with van der Waals surface area (Å²) < 4.78 is 5.92. The first-order valence-corrected chi connectivity index (χ1v) is 7.61. The molecule has 1 aliphatic carbocycles. The number of hydrogen-bond acceptors (Lipinski definition) is 2. The van der Waals surface area contributed by atoms with Gasteiger partial charge in [0, 0.05) is 19.0 Å². The zero-order chi connectivity index (χ0) is 13.5. The molecule has 2 unspecified atom stereocenters. The van der Waals surface area contributed by atoms with E-state index in [2.05, 4.69) is 44.3 Å². The molecule has 104 valence electrons. The van der Waals surface area contributed by atoms with Crippen LogP contribution in [0.4, 0.5) is 0 Å². The fourth-order valence-electron chi connectivity index (χ4n) is 3.21. The average Bonchev–Trinajstić information content (AvgIpc) is 3.00. The number of fused-ring (bicyclic) bond motifs is 1. The van der Waals surface area contributed by atoms with E-state index in [1.54, 1.807) is 0 Å². The van der Waals surface area contributed by atoms with E-state index >= 15 is 0 Å². The molecule has 0 bridgehead atoms. The molecule has 1 fully saturated rings. The van der Waals surface area contributed by atoms with Crippen molar-refractivity contribution < 1.29 is 4.74 Å². The van der Waals surface area contributed by atoms with Gasteiger partial charge in [0.15, 0.2) is 0 Å². The third-order valence-electron chi connectivity index (χ3n) is 4.28. The maximum atomic E-state index is 5.92. The minimum absolute atomic E-state index is 0.0307. The molecule has 1 N–H and O–H groups in total. The van der Waals surface area contributed by atoms with Crippen LogP contribution < -0.4 is 10.1 Å². The highest BCUT2D eigenvalue weighted by Gasteiger charge is 2.35. The Bertz CT molecular complexity index is 466. The molecule has 1 aromatic carbocycles. The molecule has 2 atom stereocenters. The molecule has 1 saturated carbocycles. The summed E-state index contributed by atoms with van der Waals surface area (Å²) in [5, 5.41) is 3.68. The lowest BCUT2D eigenvalue weighted by Gasteiger charge is -2.16. The quantitative estimate of drug-likeness (QED) is 0.871. The van der Waals surface area contributed by atoms with Gasteiger partial charge >= 0.3 is 0 Å². The molecule has 3 rings (SSSR count). The van der Waals surface area contributed by atoms with Crippen LogP contribution in [0.3, 0.4) is 0 Å². The van der Waals surface area contributed by atoms with Crippen LogP contribution >= 0.6 is 0 Å². The van der Waals surface area contributed by atoms with E-state index < -0.39 is 0 Å². The molecule has 0 spiro atoms. The summed E-state index contributed by atoms with van der Waals surface area (Å²) in [6, 6.07) is 7.41. The first-order chi connectivity index (χ1) is 9.07. The molecule has 0 amide bonds. The molecule has 19 heavy (non-hydrogen) atoms. The van der Waals surface area contributed by atoms with E-state index in [0.29, 0.717) is 0 Å². The van der Waals surface area contributed by atoms with Gasteiger partial charge in [0.25, 0.3) is 0 Å². The van der Waals surface area contributed by atoms with Crippen LogP contribution in [0.25, 0.3) is 0 Å². The molecule has 2 aliphatic rings. The summed E-state index contributed by atoms with van der Waals surface area (Å²) in [6.07, 6.45) is 5.09. The highest BCUT2D eigenvalue weighted by molar-refractivity contribution is 5.41. The molecule has 0 radical (unpaired) electrons. The molecular weight excluding hydrogens is 234 g/mol. The van der Waals surface area contributed by atoms with E-state index in [0.717, 1.165) is 30.7 Å². The van der Waals surface area contributed by atoms with Crippen molar-refractivity contribution in [2.75, 3.05) is 0 Å². The lowest BCUT2D eigenvalue weighted by atomic mass is 10.0. The smallest absolute Gasteiger partial charge is 0.123 e. The van der Waals surface area contributed by atoms with Crippen molar-refractivity contribution in [3.63, 3.8) is 0 Å². The van der Waals surface area contributed by atoms with Crippen LogP contribution in [0, 0.1) is 5.92 Å². The average molecular weight is 259 g/mol. The van der Waals surface area contributed by atoms with Crippen LogP contribution in [0.2, 0.25) is 0 Å². The number of benzene rings is 1. The fourth-order valence-corrected chi connectivity index (χ4v) is 3.21. The summed E-state index contributed by atoms with van der Waals surface area (Å²) in [6.45, 7) is 7.59. The molecule has 0 saturated heterocycles. The van der Waals surface area contributed by atoms with Crippen molar-refractivity contribution in [3.8, 4) is 5.75 Å². The Morgan fingerprint density at radius 2 is 2.21 bits per heavy atom. The summed E-state index contributed by atoms with van der Waals surface area (Å²) >= 11 is 0. The highest BCUT2D eigenvalue weighted by atomic mass is 16.5. The third kappa shape index (κ3) is 2.94. The summed E-state index contributed by atoms with van der Waals surface area (Å²) in [4.78, 5) is 0. The molecular formula is C17H25NO. The van der Waals surface area contributed by atoms with Crippen molar-refractivity contribution in [2.24, 2.45) is 5.92 Å². The number of ether oxygens (including phenoxy) is 1. The van der Waals surface area contributed by atoms with Crippen molar-refractivity contribution >= 4 is 0 Å². The number of nitrogens with one attached hydrogen (secondary N) is 1. The van der Waals surface area contributed by atoms with Gasteiger partial charge in [0.2, 0.25) is 0 Å². The van der Waals surface area contributed by atoms with Crippen LogP contribution in [0.15, 0.2) is 18.2 Å². The van der Waals surface area contributed by atoms with Crippen molar-refractivity contribution in [2.45, 2.75) is 64.6 Å². The van der Waals surface area contributed by atoms with Gasteiger partial charge in [-0.3, -0.25) is 0 Å². The lowest BCUT2D eigenvalue weighted by Crippen LogP contribution is -2.24. The maximum Gasteiger partial charge on any atom is 0.123 e. The predicted molar refractivity (Wildman–Crippen MR) is 78.5 cm³/mol. The summed E-state index contributed by atoms with van der Waals surface area (Å²) in [5.41, 5.74) is 2.73. The first-order valence-electron chi connectivity index (χ1n) is 7.61. The monoisotopic (exact) mass is 259 g/mol. The number of rotatable bonds is 5. The van der Waals surface area contributed by atoms with Gasteiger partial charge in [-0.15, -0.1) is 0 Å². The maximum absolute atomic E-state index is 5.92. The van der Waals surface area contributed by atoms with Crippen LogP contribution in [0.1, 0.15) is 51.2 Å². The highest BCUT2D eigenvalue weighted by Crippen LogP contribution is 2.36. The zero-order valence-electron chi connectivity index (χ0n) is 12.3. The molecule has 1 heterocycles. The molecule has 2 nitrogen and oxygen atoms in total. The van der Waals surface area contributed by atoms with Crippen molar-refractivity contribution in [3.05, 3.63) is 29.3 Å². The third-order valence-corrected chi connectivity index (χ3v) is 4.28. The van der Waals surface area contributed by atoms with E-state index in [4.69, 9.17) is 4.74 Å². The van der Waals surface area contributed by atoms with Gasteiger partial charge in [0.1, 0.15) is 11.4 Å². The van der Waals surface area contributed by atoms with E-state index in [1.165, 1.54) is 30.4 Å². The van der Waals surface area contributed by atoms with E-state index in [1.807, 2.05) is 0 Å². The SMILES string of the molecule is CCCC1CC1NCc1ccc2c(c1)CC(C)(C)O2. The van der Waals surface area contributed by atoms with Crippen LogP contribution in [0.5, 0.6) is 5.75 Å². The minimum atomic E-state index is -0.0307. The first kappa shape index (κ1) is 13.0. The van der Waals surface area contributed by atoms with E-state index in [9.17, 15) is 0 Å². The van der Waals surface area contributed by atoms with Crippen LogP contribution in [-0.4, -0.2) is 11.6 Å². The Morgan fingerprint density at radius 3 is 3.00 bits per heavy atom. The van der Waals surface area contributed by atoms with Gasteiger partial charge in [-0.2, -0.15) is 0 Å². The Kier molecular flexibility index (Phi) is 3.30. The van der Waals surface area contributed by atoms with Crippen LogP contribution in [-0.2, 0) is 13.0 Å². The summed E-state index contributed by atoms with van der Waals surface area (Å²) in [5.74, 6) is 2.01. The predicted octanol–water partition coefficient (Wildman–Crippen LogP) is 3.68. The second kappa shape index (κ2) is 4.82. The van der Waals surface area contributed by atoms with Gasteiger partial charge in [-0.1, -0.05) is 25.5 Å². The standard InChI is InChI=1S/C17H25NO/c1-4-5-13-9-15(13)18-11-12-6-7-16-14(8-12)10-17(2,3)19-16/h6-8,13,15,18H,4-5,9-11H2,1-3H3. The fraction of sp³-hybridized carbons (Fsp3) is 0.647. The van der Waals surface area contributed by atoms with Gasteiger partial charge in [0.05, 0.1) is 0 Å². The van der Waals surface area contributed by atoms with Gasteiger partial charge in [-0.25, -0.2) is 0 Å². The molecule has 1 aromatic rings. The Hall–Kier alpha value is -1.02. The zero-order valence-corrected chi connectivity index (χ0v) is 12.3. The Morgan fingerprint density at radius 1 is 1.37 bits per heavy atom. The number of hydrogen-bond donors (Lipinski definition) is 1. The topological polar surface area (TPSA) is 21.3 Å². The molecule has 0 aromatic heterocycles. The Balaban J connectivity index is 1.56. The molecule has 1 aliphatic heterocycles. The lowest BCUT2D eigenvalue weighted by molar-refractivity contribution is 0.138. The second-order valence-electron chi connectivity index (χ2n) is 6.75. The summed E-state index contributed by atoms with van der Waals surface area (Å²) in [7, 11) is 0.